The van der Waals surface area contributed by atoms with Gasteiger partial charge >= 0.3 is 0 Å². The standard InChI is InChI=1S/C26H17ClFN5O2/c27-15-9-10-19-21(13-15)33-22(11-12-32-25(34)16-5-1-2-6-17(16)26(32)35)30-31-23(33)14-29-24(19)18-7-3-4-8-20(18)28/h1-10,13H,11-12,14H2. The fourth-order valence-electron chi connectivity index (χ4n) is 4.56. The Balaban J connectivity index is 1.37. The Labute approximate surface area is 204 Å². The fraction of sp³-hybridized carbons (Fsp3) is 0.115. The summed E-state index contributed by atoms with van der Waals surface area (Å²) >= 11 is 6.35. The number of fused-ring (bicyclic) bond motifs is 4. The second kappa shape index (κ2) is 8.25. The SMILES string of the molecule is O=C1c2ccccc2C(=O)N1CCc1nnc2n1-c1cc(Cl)ccc1C(c1ccccc1F)=NC2. The molecule has 0 saturated heterocycles. The van der Waals surface area contributed by atoms with Gasteiger partial charge in [-0.3, -0.25) is 24.0 Å². The first-order valence-corrected chi connectivity index (χ1v) is 11.4. The van der Waals surface area contributed by atoms with Gasteiger partial charge in [0.15, 0.2) is 5.82 Å². The Hall–Kier alpha value is -4.17. The topological polar surface area (TPSA) is 80.5 Å². The predicted octanol–water partition coefficient (Wildman–Crippen LogP) is 4.25. The molecule has 2 aliphatic heterocycles. The maximum atomic E-state index is 14.7. The van der Waals surface area contributed by atoms with Crippen LogP contribution in [-0.4, -0.2) is 43.7 Å². The summed E-state index contributed by atoms with van der Waals surface area (Å²) in [6.45, 7) is 0.317. The summed E-state index contributed by atoms with van der Waals surface area (Å²) in [5.41, 5.74) is 3.01. The predicted molar refractivity (Wildman–Crippen MR) is 128 cm³/mol. The van der Waals surface area contributed by atoms with Crippen molar-refractivity contribution in [3.8, 4) is 5.69 Å². The highest BCUT2D eigenvalue weighted by Gasteiger charge is 2.35. The summed E-state index contributed by atoms with van der Waals surface area (Å²) in [5.74, 6) is 0.0718. The molecular weight excluding hydrogens is 469 g/mol. The van der Waals surface area contributed by atoms with Crippen molar-refractivity contribution < 1.29 is 14.0 Å². The van der Waals surface area contributed by atoms with Crippen LogP contribution in [0.15, 0.2) is 71.7 Å². The van der Waals surface area contributed by atoms with Crippen molar-refractivity contribution in [2.45, 2.75) is 13.0 Å². The third-order valence-electron chi connectivity index (χ3n) is 6.20. The highest BCUT2D eigenvalue weighted by Crippen LogP contribution is 2.30. The molecule has 0 spiro atoms. The third kappa shape index (κ3) is 3.45. The van der Waals surface area contributed by atoms with Gasteiger partial charge in [0, 0.05) is 29.1 Å². The van der Waals surface area contributed by atoms with E-state index in [0.29, 0.717) is 50.3 Å². The van der Waals surface area contributed by atoms with E-state index in [1.165, 1.54) is 11.0 Å². The molecule has 172 valence electrons. The highest BCUT2D eigenvalue weighted by atomic mass is 35.5. The van der Waals surface area contributed by atoms with E-state index < -0.39 is 0 Å². The Kier molecular flexibility index (Phi) is 5.04. The van der Waals surface area contributed by atoms with Crippen LogP contribution >= 0.6 is 11.6 Å². The quantitative estimate of drug-likeness (QED) is 0.405. The molecule has 9 heteroatoms. The molecule has 0 fully saturated rings. The molecule has 7 nitrogen and oxygen atoms in total. The number of hydrogen-bond donors (Lipinski definition) is 0. The number of amides is 2. The van der Waals surface area contributed by atoms with E-state index in [0.717, 1.165) is 0 Å². The summed E-state index contributed by atoms with van der Waals surface area (Å²) in [7, 11) is 0. The van der Waals surface area contributed by atoms with Crippen LogP contribution in [0.25, 0.3) is 5.69 Å². The lowest BCUT2D eigenvalue weighted by atomic mass is 10.00. The van der Waals surface area contributed by atoms with Gasteiger partial charge in [-0.25, -0.2) is 4.39 Å². The van der Waals surface area contributed by atoms with E-state index in [9.17, 15) is 14.0 Å². The van der Waals surface area contributed by atoms with Gasteiger partial charge in [0.05, 0.1) is 22.5 Å². The van der Waals surface area contributed by atoms with Crippen LogP contribution in [0, 0.1) is 5.82 Å². The van der Waals surface area contributed by atoms with Crippen LogP contribution in [0.3, 0.4) is 0 Å². The van der Waals surface area contributed by atoms with Crippen LogP contribution < -0.4 is 0 Å². The molecule has 3 heterocycles. The number of aliphatic imine (C=N–C) groups is 1. The lowest BCUT2D eigenvalue weighted by Gasteiger charge is -2.16. The summed E-state index contributed by atoms with van der Waals surface area (Å²) in [6.07, 6.45) is 0.277. The number of imide groups is 1. The molecule has 0 aliphatic carbocycles. The first-order valence-electron chi connectivity index (χ1n) is 11.0. The van der Waals surface area contributed by atoms with Crippen molar-refractivity contribution in [2.24, 2.45) is 4.99 Å². The van der Waals surface area contributed by atoms with E-state index in [1.54, 1.807) is 60.7 Å². The monoisotopic (exact) mass is 485 g/mol. The van der Waals surface area contributed by atoms with Crippen LogP contribution in [0.4, 0.5) is 4.39 Å². The van der Waals surface area contributed by atoms with Crippen molar-refractivity contribution in [3.05, 3.63) is 111 Å². The van der Waals surface area contributed by atoms with E-state index in [1.807, 2.05) is 4.57 Å². The fourth-order valence-corrected chi connectivity index (χ4v) is 4.72. The molecule has 2 amide bonds. The minimum Gasteiger partial charge on any atom is -0.281 e. The number of carbonyl (C=O) groups is 2. The Morgan fingerprint density at radius 2 is 1.54 bits per heavy atom. The number of nitrogens with zero attached hydrogens (tertiary/aromatic N) is 5. The van der Waals surface area contributed by atoms with Gasteiger partial charge in [0.1, 0.15) is 18.2 Å². The molecule has 0 bridgehead atoms. The van der Waals surface area contributed by atoms with Crippen LogP contribution in [0.5, 0.6) is 0 Å². The number of halogens is 2. The molecular formula is C26H17ClFN5O2. The molecule has 35 heavy (non-hydrogen) atoms. The van der Waals surface area contributed by atoms with E-state index >= 15 is 0 Å². The van der Waals surface area contributed by atoms with Crippen molar-refractivity contribution in [2.75, 3.05) is 6.54 Å². The molecule has 0 atom stereocenters. The van der Waals surface area contributed by atoms with Gasteiger partial charge in [-0.05, 0) is 42.5 Å². The van der Waals surface area contributed by atoms with E-state index in [-0.39, 0.29) is 37.1 Å². The maximum absolute atomic E-state index is 14.7. The Morgan fingerprint density at radius 3 is 2.26 bits per heavy atom. The second-order valence-electron chi connectivity index (χ2n) is 8.23. The summed E-state index contributed by atoms with van der Waals surface area (Å²) in [5, 5.41) is 9.11. The summed E-state index contributed by atoms with van der Waals surface area (Å²) < 4.78 is 16.5. The molecule has 0 radical (unpaired) electrons. The molecule has 4 aromatic rings. The number of rotatable bonds is 4. The molecule has 1 aromatic heterocycles. The zero-order valence-corrected chi connectivity index (χ0v) is 19.0. The molecule has 0 saturated carbocycles. The third-order valence-corrected chi connectivity index (χ3v) is 6.43. The van der Waals surface area contributed by atoms with Gasteiger partial charge in [-0.15, -0.1) is 10.2 Å². The van der Waals surface area contributed by atoms with Gasteiger partial charge in [0.25, 0.3) is 11.8 Å². The summed E-state index contributed by atoms with van der Waals surface area (Å²) in [4.78, 5) is 31.4. The minimum atomic E-state index is -0.379. The average Bonchev–Trinajstić information content (AvgIpc) is 3.32. The normalized spacial score (nSPS) is 14.3. The molecule has 0 unspecified atom stereocenters. The first-order chi connectivity index (χ1) is 17.0. The lowest BCUT2D eigenvalue weighted by Crippen LogP contribution is -2.32. The zero-order chi connectivity index (χ0) is 24.1. The molecule has 3 aromatic carbocycles. The first kappa shape index (κ1) is 21.4. The smallest absolute Gasteiger partial charge is 0.261 e. The summed E-state index contributed by atoms with van der Waals surface area (Å²) in [6, 6.07) is 18.5. The van der Waals surface area contributed by atoms with E-state index in [2.05, 4.69) is 15.2 Å². The number of aromatic nitrogens is 3. The van der Waals surface area contributed by atoms with Gasteiger partial charge < -0.3 is 0 Å². The highest BCUT2D eigenvalue weighted by molar-refractivity contribution is 6.31. The lowest BCUT2D eigenvalue weighted by molar-refractivity contribution is 0.0655. The number of hydrogen-bond acceptors (Lipinski definition) is 5. The second-order valence-corrected chi connectivity index (χ2v) is 8.67. The minimum absolute atomic E-state index is 0.140. The van der Waals surface area contributed by atoms with Crippen molar-refractivity contribution in [1.82, 2.24) is 19.7 Å². The molecule has 0 N–H and O–H groups in total. The average molecular weight is 486 g/mol. The van der Waals surface area contributed by atoms with Crippen molar-refractivity contribution in [3.63, 3.8) is 0 Å². The Morgan fingerprint density at radius 1 is 0.857 bits per heavy atom. The van der Waals surface area contributed by atoms with Crippen LogP contribution in [0.1, 0.15) is 43.5 Å². The molecule has 6 rings (SSSR count). The van der Waals surface area contributed by atoms with Crippen LogP contribution in [-0.2, 0) is 13.0 Å². The number of carbonyl (C=O) groups excluding carboxylic acids is 2. The largest absolute Gasteiger partial charge is 0.281 e. The Bertz CT molecular complexity index is 1530. The molecule has 2 aliphatic rings. The van der Waals surface area contributed by atoms with Gasteiger partial charge in [-0.2, -0.15) is 0 Å². The van der Waals surface area contributed by atoms with Crippen molar-refractivity contribution >= 4 is 29.1 Å². The van der Waals surface area contributed by atoms with E-state index in [4.69, 9.17) is 11.6 Å². The van der Waals surface area contributed by atoms with Gasteiger partial charge in [-0.1, -0.05) is 35.9 Å². The van der Waals surface area contributed by atoms with Crippen molar-refractivity contribution in [1.29, 1.82) is 0 Å². The number of benzene rings is 3. The maximum Gasteiger partial charge on any atom is 0.261 e. The van der Waals surface area contributed by atoms with Crippen LogP contribution in [0.2, 0.25) is 5.02 Å². The zero-order valence-electron chi connectivity index (χ0n) is 18.3. The van der Waals surface area contributed by atoms with Gasteiger partial charge in [0.2, 0.25) is 0 Å².